The Kier molecular flexibility index (Phi) is 7.52. The Labute approximate surface area is 98.2 Å². The lowest BCUT2D eigenvalue weighted by molar-refractivity contribution is 0.424. The topological polar surface area (TPSA) is 49.4 Å². The first kappa shape index (κ1) is 15.2. The van der Waals surface area contributed by atoms with E-state index in [4.69, 9.17) is 11.6 Å². The van der Waals surface area contributed by atoms with Gasteiger partial charge < -0.3 is 0 Å². The summed E-state index contributed by atoms with van der Waals surface area (Å²) in [5.74, 6) is 0.567. The molecule has 0 aliphatic rings. The van der Waals surface area contributed by atoms with Crippen LogP contribution in [0.25, 0.3) is 0 Å². The van der Waals surface area contributed by atoms with Crippen LogP contribution in [0.2, 0.25) is 0 Å². The summed E-state index contributed by atoms with van der Waals surface area (Å²) < 4.78 is 27.5. The third-order valence-electron chi connectivity index (χ3n) is 2.17. The van der Waals surface area contributed by atoms with Crippen molar-refractivity contribution < 1.29 is 8.42 Å². The number of hydrogen-bond donors (Lipinski definition) is 1. The molecule has 0 rings (SSSR count). The fraction of sp³-hybridized carbons (Fsp3) is 1.00. The van der Waals surface area contributed by atoms with Gasteiger partial charge in [-0.3, -0.25) is 0 Å². The van der Waals surface area contributed by atoms with Gasteiger partial charge in [-0.25, -0.2) is 0 Å². The Balaban J connectivity index is 4.24. The second kappa shape index (κ2) is 7.44. The van der Waals surface area contributed by atoms with Crippen LogP contribution in [0.1, 0.15) is 33.6 Å². The van der Waals surface area contributed by atoms with Gasteiger partial charge in [-0.2, -0.15) is 17.4 Å². The van der Waals surface area contributed by atoms with Gasteiger partial charge >= 0.3 is 0 Å². The minimum absolute atomic E-state index is 0.0608. The van der Waals surface area contributed by atoms with Crippen LogP contribution < -0.4 is 4.72 Å². The van der Waals surface area contributed by atoms with Crippen molar-refractivity contribution in [2.24, 2.45) is 0 Å². The van der Waals surface area contributed by atoms with Gasteiger partial charge in [0, 0.05) is 25.0 Å². The first-order valence-electron chi connectivity index (χ1n) is 5.31. The monoisotopic (exact) mass is 256 g/mol. The van der Waals surface area contributed by atoms with E-state index in [1.807, 2.05) is 20.8 Å². The number of nitrogens with one attached hydrogen (secondary N) is 1. The molecule has 0 heterocycles. The number of rotatable bonds is 8. The van der Waals surface area contributed by atoms with Gasteiger partial charge in [-0.05, 0) is 19.8 Å². The maximum absolute atomic E-state index is 11.7. The third-order valence-corrected chi connectivity index (χ3v) is 4.33. The zero-order chi connectivity index (χ0) is 11.9. The van der Waals surface area contributed by atoms with Crippen LogP contribution in [0.5, 0.6) is 0 Å². The van der Waals surface area contributed by atoms with Gasteiger partial charge in [0.2, 0.25) is 0 Å². The maximum atomic E-state index is 11.7. The van der Waals surface area contributed by atoms with E-state index in [1.165, 1.54) is 4.31 Å². The summed E-state index contributed by atoms with van der Waals surface area (Å²) in [5.41, 5.74) is 0. The molecule has 0 aliphatic heterocycles. The van der Waals surface area contributed by atoms with Gasteiger partial charge in [0.05, 0.1) is 0 Å². The van der Waals surface area contributed by atoms with E-state index in [-0.39, 0.29) is 6.04 Å². The Bertz CT molecular complexity index is 253. The SMILES string of the molecule is CCN(CC)S(=O)(=O)NC(C)CCCCl. The van der Waals surface area contributed by atoms with Crippen LogP contribution in [0.3, 0.4) is 0 Å². The molecule has 0 aromatic carbocycles. The quantitative estimate of drug-likeness (QED) is 0.671. The molecule has 0 radical (unpaired) electrons. The molecule has 1 unspecified atom stereocenters. The lowest BCUT2D eigenvalue weighted by Crippen LogP contribution is -2.44. The van der Waals surface area contributed by atoms with E-state index in [9.17, 15) is 8.42 Å². The predicted octanol–water partition coefficient (Wildman–Crippen LogP) is 1.57. The molecule has 6 heteroatoms. The molecule has 0 bridgehead atoms. The molecule has 0 aromatic rings. The summed E-state index contributed by atoms with van der Waals surface area (Å²) >= 11 is 5.55. The Morgan fingerprint density at radius 2 is 1.87 bits per heavy atom. The summed E-state index contributed by atoms with van der Waals surface area (Å²) in [6.45, 7) is 6.49. The average Bonchev–Trinajstić information content (AvgIpc) is 2.15. The average molecular weight is 257 g/mol. The fourth-order valence-corrected chi connectivity index (χ4v) is 2.94. The zero-order valence-electron chi connectivity index (χ0n) is 9.66. The number of nitrogens with zero attached hydrogens (tertiary/aromatic N) is 1. The van der Waals surface area contributed by atoms with Crippen LogP contribution in [0.15, 0.2) is 0 Å². The molecular weight excluding hydrogens is 236 g/mol. The molecule has 0 aliphatic carbocycles. The zero-order valence-corrected chi connectivity index (χ0v) is 11.2. The summed E-state index contributed by atoms with van der Waals surface area (Å²) in [7, 11) is -3.31. The van der Waals surface area contributed by atoms with Crippen molar-refractivity contribution in [2.45, 2.75) is 39.7 Å². The van der Waals surface area contributed by atoms with Gasteiger partial charge in [0.1, 0.15) is 0 Å². The van der Waals surface area contributed by atoms with Gasteiger partial charge in [-0.15, -0.1) is 11.6 Å². The molecule has 92 valence electrons. The molecule has 4 nitrogen and oxygen atoms in total. The Morgan fingerprint density at radius 3 is 2.27 bits per heavy atom. The summed E-state index contributed by atoms with van der Waals surface area (Å²) in [5, 5.41) is 0. The van der Waals surface area contributed by atoms with Crippen molar-refractivity contribution in [3.8, 4) is 0 Å². The van der Waals surface area contributed by atoms with Gasteiger partial charge in [-0.1, -0.05) is 13.8 Å². The van der Waals surface area contributed by atoms with Crippen molar-refractivity contribution in [3.63, 3.8) is 0 Å². The normalized spacial score (nSPS) is 14.5. The highest BCUT2D eigenvalue weighted by molar-refractivity contribution is 7.87. The largest absolute Gasteiger partial charge is 0.279 e. The van der Waals surface area contributed by atoms with Crippen LogP contribution in [-0.2, 0) is 10.2 Å². The van der Waals surface area contributed by atoms with E-state index in [2.05, 4.69) is 4.72 Å². The molecule has 0 spiro atoms. The Hall–Kier alpha value is 0.160. The van der Waals surface area contributed by atoms with Crippen molar-refractivity contribution >= 4 is 21.8 Å². The molecule has 1 N–H and O–H groups in total. The summed E-state index contributed by atoms with van der Waals surface area (Å²) in [6.07, 6.45) is 1.59. The van der Waals surface area contributed by atoms with Crippen molar-refractivity contribution in [3.05, 3.63) is 0 Å². The minimum Gasteiger partial charge on any atom is -0.199 e. The molecule has 1 atom stereocenters. The highest BCUT2D eigenvalue weighted by atomic mass is 35.5. The van der Waals surface area contributed by atoms with Crippen LogP contribution in [0, 0.1) is 0 Å². The van der Waals surface area contributed by atoms with Crippen LogP contribution in [0.4, 0.5) is 0 Å². The van der Waals surface area contributed by atoms with E-state index in [1.54, 1.807) is 0 Å². The van der Waals surface area contributed by atoms with E-state index in [0.29, 0.717) is 19.0 Å². The number of halogens is 1. The molecule has 0 saturated carbocycles. The first-order valence-corrected chi connectivity index (χ1v) is 7.28. The standard InChI is InChI=1S/C9H21ClN2O2S/c1-4-12(5-2)15(13,14)11-9(3)7-6-8-10/h9,11H,4-8H2,1-3H3. The molecule has 0 amide bonds. The molecule has 0 saturated heterocycles. The second-order valence-electron chi connectivity index (χ2n) is 3.44. The fourth-order valence-electron chi connectivity index (χ4n) is 1.33. The highest BCUT2D eigenvalue weighted by Gasteiger charge is 2.20. The Morgan fingerprint density at radius 1 is 1.33 bits per heavy atom. The number of alkyl halides is 1. The smallest absolute Gasteiger partial charge is 0.199 e. The lowest BCUT2D eigenvalue weighted by Gasteiger charge is -2.21. The van der Waals surface area contributed by atoms with Crippen LogP contribution in [-0.4, -0.2) is 37.7 Å². The maximum Gasteiger partial charge on any atom is 0.279 e. The number of hydrogen-bond acceptors (Lipinski definition) is 2. The predicted molar refractivity (Wildman–Crippen MR) is 64.4 cm³/mol. The highest BCUT2D eigenvalue weighted by Crippen LogP contribution is 2.03. The molecule has 0 fully saturated rings. The molecular formula is C9H21ClN2O2S. The summed E-state index contributed by atoms with van der Waals surface area (Å²) in [6, 6.07) is -0.0608. The van der Waals surface area contributed by atoms with E-state index in [0.717, 1.165) is 12.8 Å². The minimum atomic E-state index is -3.31. The van der Waals surface area contributed by atoms with E-state index >= 15 is 0 Å². The molecule has 15 heavy (non-hydrogen) atoms. The molecule has 0 aromatic heterocycles. The third kappa shape index (κ3) is 5.70. The van der Waals surface area contributed by atoms with Crippen LogP contribution >= 0.6 is 11.6 Å². The van der Waals surface area contributed by atoms with Gasteiger partial charge in [0.15, 0.2) is 0 Å². The van der Waals surface area contributed by atoms with Crippen molar-refractivity contribution in [1.29, 1.82) is 0 Å². The first-order chi connectivity index (χ1) is 6.97. The summed E-state index contributed by atoms with van der Waals surface area (Å²) in [4.78, 5) is 0. The lowest BCUT2D eigenvalue weighted by atomic mass is 10.2. The van der Waals surface area contributed by atoms with Crippen molar-refractivity contribution in [2.75, 3.05) is 19.0 Å². The van der Waals surface area contributed by atoms with E-state index < -0.39 is 10.2 Å². The van der Waals surface area contributed by atoms with Gasteiger partial charge in [0.25, 0.3) is 10.2 Å². The van der Waals surface area contributed by atoms with Crippen molar-refractivity contribution in [1.82, 2.24) is 9.03 Å². The second-order valence-corrected chi connectivity index (χ2v) is 5.52.